The summed E-state index contributed by atoms with van der Waals surface area (Å²) in [6.45, 7) is 8.46. The first-order chi connectivity index (χ1) is 4.77. The fourth-order valence-corrected chi connectivity index (χ4v) is 1.28. The lowest BCUT2D eigenvalue weighted by Gasteiger charge is -2.21. The first-order valence-corrected chi connectivity index (χ1v) is 4.05. The normalized spacial score (nSPS) is 33.0. The van der Waals surface area contributed by atoms with Gasteiger partial charge in [-0.25, -0.2) is 0 Å². The second-order valence-electron chi connectivity index (χ2n) is 3.39. The van der Waals surface area contributed by atoms with Gasteiger partial charge in [0, 0.05) is 18.6 Å². The van der Waals surface area contributed by atoms with Crippen LogP contribution in [0.3, 0.4) is 0 Å². The summed E-state index contributed by atoms with van der Waals surface area (Å²) in [7, 11) is 0. The van der Waals surface area contributed by atoms with E-state index in [1.165, 1.54) is 6.42 Å². The summed E-state index contributed by atoms with van der Waals surface area (Å²) in [5.74, 6) is 0. The Morgan fingerprint density at radius 3 is 2.90 bits per heavy atom. The molecule has 1 aliphatic rings. The van der Waals surface area contributed by atoms with Crippen molar-refractivity contribution in [3.63, 3.8) is 0 Å². The summed E-state index contributed by atoms with van der Waals surface area (Å²) in [6.07, 6.45) is 1.21. The molecule has 2 heteroatoms. The zero-order chi connectivity index (χ0) is 7.45. The molecule has 1 fully saturated rings. The van der Waals surface area contributed by atoms with Crippen LogP contribution in [0.15, 0.2) is 0 Å². The average Bonchev–Trinajstić information content (AvgIpc) is 2.33. The van der Waals surface area contributed by atoms with Crippen molar-refractivity contribution in [2.45, 2.75) is 20.3 Å². The van der Waals surface area contributed by atoms with Gasteiger partial charge in [-0.2, -0.15) is 0 Å². The minimum Gasteiger partial charge on any atom is -0.381 e. The molecule has 1 rings (SSSR count). The molecular weight excluding hydrogens is 126 g/mol. The van der Waals surface area contributed by atoms with E-state index in [1.54, 1.807) is 0 Å². The average molecular weight is 143 g/mol. The van der Waals surface area contributed by atoms with Crippen molar-refractivity contribution in [2.75, 3.05) is 26.3 Å². The van der Waals surface area contributed by atoms with Crippen molar-refractivity contribution in [1.29, 1.82) is 0 Å². The van der Waals surface area contributed by atoms with Crippen LogP contribution >= 0.6 is 0 Å². The van der Waals surface area contributed by atoms with Crippen molar-refractivity contribution >= 4 is 0 Å². The molecule has 2 nitrogen and oxygen atoms in total. The highest BCUT2D eigenvalue weighted by atomic mass is 16.5. The van der Waals surface area contributed by atoms with Crippen LogP contribution in [-0.2, 0) is 4.74 Å². The topological polar surface area (TPSA) is 21.3 Å². The summed E-state index contributed by atoms with van der Waals surface area (Å²) in [6, 6.07) is 0. The molecule has 0 aromatic heterocycles. The Bertz CT molecular complexity index is 97.4. The zero-order valence-electron chi connectivity index (χ0n) is 6.94. The van der Waals surface area contributed by atoms with Gasteiger partial charge in [0.05, 0.1) is 6.61 Å². The van der Waals surface area contributed by atoms with Crippen molar-refractivity contribution in [1.82, 2.24) is 5.32 Å². The Labute approximate surface area is 63.0 Å². The molecule has 60 valence electrons. The monoisotopic (exact) mass is 143 g/mol. The van der Waals surface area contributed by atoms with Crippen molar-refractivity contribution in [3.8, 4) is 0 Å². The van der Waals surface area contributed by atoms with Gasteiger partial charge in [0.25, 0.3) is 0 Å². The van der Waals surface area contributed by atoms with Crippen LogP contribution < -0.4 is 5.32 Å². The summed E-state index contributed by atoms with van der Waals surface area (Å²) >= 11 is 0. The summed E-state index contributed by atoms with van der Waals surface area (Å²) in [4.78, 5) is 0. The molecule has 10 heavy (non-hydrogen) atoms. The number of hydrogen-bond donors (Lipinski definition) is 1. The molecule has 0 radical (unpaired) electrons. The lowest BCUT2D eigenvalue weighted by molar-refractivity contribution is 0.158. The molecule has 1 N–H and O–H groups in total. The standard InChI is InChI=1S/C8H17NO/c1-3-9-6-8(2)4-5-10-7-8/h9H,3-7H2,1-2H3. The van der Waals surface area contributed by atoms with Gasteiger partial charge < -0.3 is 10.1 Å². The minimum atomic E-state index is 0.413. The molecule has 1 heterocycles. The third-order valence-corrected chi connectivity index (χ3v) is 2.10. The van der Waals surface area contributed by atoms with E-state index in [0.717, 1.165) is 26.3 Å². The number of rotatable bonds is 3. The molecular formula is C8H17NO. The van der Waals surface area contributed by atoms with Gasteiger partial charge in [-0.05, 0) is 13.0 Å². The highest BCUT2D eigenvalue weighted by Crippen LogP contribution is 2.26. The SMILES string of the molecule is CCNCC1(C)CCOC1. The lowest BCUT2D eigenvalue weighted by Crippen LogP contribution is -2.31. The van der Waals surface area contributed by atoms with Gasteiger partial charge in [-0.3, -0.25) is 0 Å². The van der Waals surface area contributed by atoms with Gasteiger partial charge in [-0.15, -0.1) is 0 Å². The van der Waals surface area contributed by atoms with E-state index in [2.05, 4.69) is 19.2 Å². The van der Waals surface area contributed by atoms with Crippen molar-refractivity contribution in [2.24, 2.45) is 5.41 Å². The minimum absolute atomic E-state index is 0.413. The summed E-state index contributed by atoms with van der Waals surface area (Å²) < 4.78 is 5.32. The lowest BCUT2D eigenvalue weighted by atomic mass is 9.90. The second kappa shape index (κ2) is 3.35. The molecule has 0 spiro atoms. The predicted octanol–water partition coefficient (Wildman–Crippen LogP) is 1.02. The van der Waals surface area contributed by atoms with Crippen molar-refractivity contribution in [3.05, 3.63) is 0 Å². The third kappa shape index (κ3) is 1.96. The third-order valence-electron chi connectivity index (χ3n) is 2.10. The molecule has 0 saturated carbocycles. The highest BCUT2D eigenvalue weighted by molar-refractivity contribution is 4.80. The quantitative estimate of drug-likeness (QED) is 0.637. The molecule has 0 amide bonds. The Hall–Kier alpha value is -0.0800. The molecule has 1 aliphatic heterocycles. The van der Waals surface area contributed by atoms with Gasteiger partial charge in [0.15, 0.2) is 0 Å². The molecule has 1 atom stereocenters. The largest absolute Gasteiger partial charge is 0.381 e. The Kier molecular flexibility index (Phi) is 2.69. The first kappa shape index (κ1) is 8.02. The van der Waals surface area contributed by atoms with Gasteiger partial charge in [0.1, 0.15) is 0 Å². The van der Waals surface area contributed by atoms with Gasteiger partial charge in [0.2, 0.25) is 0 Å². The molecule has 1 saturated heterocycles. The summed E-state index contributed by atoms with van der Waals surface area (Å²) in [5, 5.41) is 3.35. The van der Waals surface area contributed by atoms with Crippen LogP contribution in [-0.4, -0.2) is 26.3 Å². The number of ether oxygens (including phenoxy) is 1. The first-order valence-electron chi connectivity index (χ1n) is 4.05. The predicted molar refractivity (Wildman–Crippen MR) is 42.1 cm³/mol. The number of nitrogens with one attached hydrogen (secondary N) is 1. The van der Waals surface area contributed by atoms with Crippen molar-refractivity contribution < 1.29 is 4.74 Å². The van der Waals surface area contributed by atoms with Gasteiger partial charge in [-0.1, -0.05) is 13.8 Å². The van der Waals surface area contributed by atoms with Crippen LogP contribution in [0.25, 0.3) is 0 Å². The van der Waals surface area contributed by atoms with Crippen LogP contribution in [0.4, 0.5) is 0 Å². The zero-order valence-corrected chi connectivity index (χ0v) is 6.94. The number of hydrogen-bond acceptors (Lipinski definition) is 2. The van der Waals surface area contributed by atoms with E-state index < -0.39 is 0 Å². The smallest absolute Gasteiger partial charge is 0.0532 e. The molecule has 0 bridgehead atoms. The molecule has 0 aromatic rings. The van der Waals surface area contributed by atoms with Crippen LogP contribution in [0.2, 0.25) is 0 Å². The van der Waals surface area contributed by atoms with Crippen LogP contribution in [0, 0.1) is 5.41 Å². The molecule has 1 unspecified atom stereocenters. The maximum absolute atomic E-state index is 5.32. The van der Waals surface area contributed by atoms with Crippen LogP contribution in [0.5, 0.6) is 0 Å². The van der Waals surface area contributed by atoms with E-state index in [9.17, 15) is 0 Å². The fourth-order valence-electron chi connectivity index (χ4n) is 1.28. The van der Waals surface area contributed by atoms with E-state index in [1.807, 2.05) is 0 Å². The van der Waals surface area contributed by atoms with E-state index >= 15 is 0 Å². The highest BCUT2D eigenvalue weighted by Gasteiger charge is 2.28. The Morgan fingerprint density at radius 2 is 2.40 bits per heavy atom. The van der Waals surface area contributed by atoms with E-state index in [-0.39, 0.29) is 0 Å². The Morgan fingerprint density at radius 1 is 1.60 bits per heavy atom. The summed E-state index contributed by atoms with van der Waals surface area (Å²) in [5.41, 5.74) is 0.413. The second-order valence-corrected chi connectivity index (χ2v) is 3.39. The Balaban J connectivity index is 2.22. The molecule has 0 aliphatic carbocycles. The molecule has 0 aromatic carbocycles. The van der Waals surface area contributed by atoms with E-state index in [0.29, 0.717) is 5.41 Å². The van der Waals surface area contributed by atoms with E-state index in [4.69, 9.17) is 4.74 Å². The van der Waals surface area contributed by atoms with Crippen LogP contribution in [0.1, 0.15) is 20.3 Å². The fraction of sp³-hybridized carbons (Fsp3) is 1.00. The maximum atomic E-state index is 5.32. The maximum Gasteiger partial charge on any atom is 0.0532 e. The van der Waals surface area contributed by atoms with Gasteiger partial charge >= 0.3 is 0 Å².